The molecule has 0 spiro atoms. The minimum atomic E-state index is 0.493. The van der Waals surface area contributed by atoms with Gasteiger partial charge in [0.05, 0.1) is 0 Å². The molecule has 1 aromatic rings. The van der Waals surface area contributed by atoms with E-state index in [9.17, 15) is 0 Å². The van der Waals surface area contributed by atoms with Crippen molar-refractivity contribution in [1.82, 2.24) is 10.2 Å². The average Bonchev–Trinajstić information content (AvgIpc) is 2.48. The maximum absolute atomic E-state index is 5.58. The number of hydrogen-bond donors (Lipinski definition) is 0. The monoisotopic (exact) mass is 204 g/mol. The first-order valence-electron chi connectivity index (χ1n) is 4.12. The Morgan fingerprint density at radius 1 is 1.42 bits per heavy atom. The minimum absolute atomic E-state index is 0.493. The normalized spacial score (nSPS) is 11.0. The van der Waals surface area contributed by atoms with Gasteiger partial charge >= 0.3 is 0 Å². The Kier molecular flexibility index (Phi) is 3.95. The van der Waals surface area contributed by atoms with E-state index in [2.05, 4.69) is 24.0 Å². The second-order valence-electron chi connectivity index (χ2n) is 2.98. The van der Waals surface area contributed by atoms with Gasteiger partial charge in [-0.2, -0.15) is 0 Å². The quantitative estimate of drug-likeness (QED) is 0.705. The zero-order valence-electron chi connectivity index (χ0n) is 7.38. The van der Waals surface area contributed by atoms with Crippen LogP contribution in [0.15, 0.2) is 0 Å². The third kappa shape index (κ3) is 2.72. The van der Waals surface area contributed by atoms with E-state index >= 15 is 0 Å². The van der Waals surface area contributed by atoms with Crippen LogP contribution in [0.25, 0.3) is 0 Å². The summed E-state index contributed by atoms with van der Waals surface area (Å²) >= 11 is 7.28. The minimum Gasteiger partial charge on any atom is -0.144 e. The summed E-state index contributed by atoms with van der Waals surface area (Å²) in [5.74, 6) is 1.20. The van der Waals surface area contributed by atoms with E-state index in [1.807, 2.05) is 0 Å². The van der Waals surface area contributed by atoms with Gasteiger partial charge in [0.1, 0.15) is 10.0 Å². The van der Waals surface area contributed by atoms with Crippen molar-refractivity contribution in [3.63, 3.8) is 0 Å². The van der Waals surface area contributed by atoms with Gasteiger partial charge in [-0.15, -0.1) is 33.1 Å². The Bertz CT molecular complexity index is 235. The van der Waals surface area contributed by atoms with Gasteiger partial charge in [0.25, 0.3) is 0 Å². The predicted octanol–water partition coefficient (Wildman–Crippen LogP) is 2.83. The van der Waals surface area contributed by atoms with Crippen molar-refractivity contribution >= 4 is 22.9 Å². The maximum Gasteiger partial charge on any atom is 0.119 e. The van der Waals surface area contributed by atoms with Gasteiger partial charge in [0, 0.05) is 18.2 Å². The fourth-order valence-corrected chi connectivity index (χ4v) is 1.84. The molecule has 0 unspecified atom stereocenters. The second-order valence-corrected chi connectivity index (χ2v) is 4.45. The molecule has 12 heavy (non-hydrogen) atoms. The van der Waals surface area contributed by atoms with Crippen LogP contribution in [-0.4, -0.2) is 16.1 Å². The third-order valence-electron chi connectivity index (χ3n) is 1.50. The highest BCUT2D eigenvalue weighted by molar-refractivity contribution is 7.11. The molecule has 0 atom stereocenters. The highest BCUT2D eigenvalue weighted by Gasteiger charge is 2.06. The van der Waals surface area contributed by atoms with Crippen molar-refractivity contribution in [2.75, 3.05) is 5.88 Å². The molecule has 1 heterocycles. The Morgan fingerprint density at radius 3 is 2.67 bits per heavy atom. The van der Waals surface area contributed by atoms with Crippen LogP contribution >= 0.6 is 22.9 Å². The molecule has 68 valence electrons. The summed E-state index contributed by atoms with van der Waals surface area (Å²) in [6.45, 7) is 4.26. The molecule has 0 saturated heterocycles. The van der Waals surface area contributed by atoms with Crippen LogP contribution in [0.1, 0.15) is 36.2 Å². The molecule has 0 fully saturated rings. The molecule has 0 bridgehead atoms. The molecule has 0 amide bonds. The number of aryl methyl sites for hydroxylation is 1. The first-order chi connectivity index (χ1) is 5.74. The van der Waals surface area contributed by atoms with Gasteiger partial charge in [-0.3, -0.25) is 0 Å². The SMILES string of the molecule is CC(C)c1nnc(CCCCl)s1. The highest BCUT2D eigenvalue weighted by Crippen LogP contribution is 2.19. The molecule has 0 N–H and O–H groups in total. The van der Waals surface area contributed by atoms with Crippen LogP contribution < -0.4 is 0 Å². The molecule has 0 saturated carbocycles. The number of halogens is 1. The zero-order chi connectivity index (χ0) is 8.97. The number of rotatable bonds is 4. The fourth-order valence-electron chi connectivity index (χ4n) is 0.819. The first-order valence-corrected chi connectivity index (χ1v) is 5.47. The van der Waals surface area contributed by atoms with Gasteiger partial charge in [0.15, 0.2) is 0 Å². The molecule has 0 aliphatic carbocycles. The summed E-state index contributed by atoms with van der Waals surface area (Å²) in [7, 11) is 0. The lowest BCUT2D eigenvalue weighted by molar-refractivity contribution is 0.810. The van der Waals surface area contributed by atoms with E-state index in [0.717, 1.165) is 22.9 Å². The van der Waals surface area contributed by atoms with E-state index in [0.29, 0.717) is 11.8 Å². The number of aromatic nitrogens is 2. The van der Waals surface area contributed by atoms with Crippen molar-refractivity contribution in [1.29, 1.82) is 0 Å². The Morgan fingerprint density at radius 2 is 2.17 bits per heavy atom. The third-order valence-corrected chi connectivity index (χ3v) is 3.05. The molecule has 1 rings (SSSR count). The number of nitrogens with zero attached hydrogens (tertiary/aromatic N) is 2. The van der Waals surface area contributed by atoms with Crippen LogP contribution in [0.4, 0.5) is 0 Å². The highest BCUT2D eigenvalue weighted by atomic mass is 35.5. The van der Waals surface area contributed by atoms with Crippen molar-refractivity contribution in [2.45, 2.75) is 32.6 Å². The average molecular weight is 205 g/mol. The summed E-state index contributed by atoms with van der Waals surface area (Å²) in [6.07, 6.45) is 1.96. The van der Waals surface area contributed by atoms with Crippen molar-refractivity contribution < 1.29 is 0 Å². The number of alkyl halides is 1. The van der Waals surface area contributed by atoms with Crippen LogP contribution in [0, 0.1) is 0 Å². The Balaban J connectivity index is 2.52. The molecule has 0 aliphatic heterocycles. The van der Waals surface area contributed by atoms with Crippen LogP contribution in [-0.2, 0) is 6.42 Å². The first kappa shape index (κ1) is 9.93. The lowest BCUT2D eigenvalue weighted by atomic mass is 10.2. The summed E-state index contributed by atoms with van der Waals surface area (Å²) in [4.78, 5) is 0. The van der Waals surface area contributed by atoms with E-state index < -0.39 is 0 Å². The van der Waals surface area contributed by atoms with Gasteiger partial charge in [-0.1, -0.05) is 13.8 Å². The van der Waals surface area contributed by atoms with Crippen LogP contribution in [0.2, 0.25) is 0 Å². The van der Waals surface area contributed by atoms with Crippen molar-refractivity contribution in [3.05, 3.63) is 10.0 Å². The summed E-state index contributed by atoms with van der Waals surface area (Å²) in [5, 5.41) is 10.4. The van der Waals surface area contributed by atoms with E-state index in [4.69, 9.17) is 11.6 Å². The lowest BCUT2D eigenvalue weighted by Crippen LogP contribution is -1.85. The Hall–Kier alpha value is -0.150. The summed E-state index contributed by atoms with van der Waals surface area (Å²) in [5.41, 5.74) is 0. The fraction of sp³-hybridized carbons (Fsp3) is 0.750. The Labute approximate surface area is 82.0 Å². The molecule has 2 nitrogen and oxygen atoms in total. The van der Waals surface area contributed by atoms with E-state index in [1.165, 1.54) is 0 Å². The summed E-state index contributed by atoms with van der Waals surface area (Å²) < 4.78 is 0. The molecular weight excluding hydrogens is 192 g/mol. The van der Waals surface area contributed by atoms with Gasteiger partial charge in [0.2, 0.25) is 0 Å². The van der Waals surface area contributed by atoms with Crippen LogP contribution in [0.3, 0.4) is 0 Å². The second kappa shape index (κ2) is 4.77. The maximum atomic E-state index is 5.58. The molecule has 0 aromatic carbocycles. The van der Waals surface area contributed by atoms with E-state index in [1.54, 1.807) is 11.3 Å². The standard InChI is InChI=1S/C8H13ClN2S/c1-6(2)8-11-10-7(12-8)4-3-5-9/h6H,3-5H2,1-2H3. The smallest absolute Gasteiger partial charge is 0.119 e. The van der Waals surface area contributed by atoms with Gasteiger partial charge in [-0.05, 0) is 6.42 Å². The van der Waals surface area contributed by atoms with E-state index in [-0.39, 0.29) is 0 Å². The molecule has 0 aliphatic rings. The van der Waals surface area contributed by atoms with Gasteiger partial charge < -0.3 is 0 Å². The molecule has 0 radical (unpaired) electrons. The topological polar surface area (TPSA) is 25.8 Å². The molecular formula is C8H13ClN2S. The largest absolute Gasteiger partial charge is 0.144 e. The zero-order valence-corrected chi connectivity index (χ0v) is 8.95. The molecule has 4 heteroatoms. The summed E-state index contributed by atoms with van der Waals surface area (Å²) in [6, 6.07) is 0. The van der Waals surface area contributed by atoms with Crippen molar-refractivity contribution in [2.24, 2.45) is 0 Å². The van der Waals surface area contributed by atoms with Crippen LogP contribution in [0.5, 0.6) is 0 Å². The van der Waals surface area contributed by atoms with Crippen molar-refractivity contribution in [3.8, 4) is 0 Å². The van der Waals surface area contributed by atoms with Gasteiger partial charge in [-0.25, -0.2) is 0 Å². The predicted molar refractivity (Wildman–Crippen MR) is 53.0 cm³/mol. The lowest BCUT2D eigenvalue weighted by Gasteiger charge is -1.93. The molecule has 1 aromatic heterocycles. The number of hydrogen-bond acceptors (Lipinski definition) is 3.